The van der Waals surface area contributed by atoms with Gasteiger partial charge in [0.05, 0.1) is 6.07 Å². The standard InChI is InChI=1S/C9H16N2OS/c1-7(2)8(6-10)9(12)11-4-5-13-3/h7-8H,4-5H2,1-3H3,(H,11,12). The van der Waals surface area contributed by atoms with E-state index in [-0.39, 0.29) is 11.8 Å². The van der Waals surface area contributed by atoms with Crippen molar-refractivity contribution in [3.05, 3.63) is 0 Å². The van der Waals surface area contributed by atoms with Crippen LogP contribution >= 0.6 is 11.8 Å². The first-order chi connectivity index (χ1) is 6.13. The Morgan fingerprint density at radius 3 is 2.62 bits per heavy atom. The van der Waals surface area contributed by atoms with Crippen molar-refractivity contribution in [2.45, 2.75) is 13.8 Å². The topological polar surface area (TPSA) is 52.9 Å². The molecule has 0 heterocycles. The monoisotopic (exact) mass is 200 g/mol. The first kappa shape index (κ1) is 12.3. The average Bonchev–Trinajstić information content (AvgIpc) is 2.05. The molecule has 0 radical (unpaired) electrons. The van der Waals surface area contributed by atoms with E-state index in [0.717, 1.165) is 5.75 Å². The molecule has 1 amide bonds. The third-order valence-electron chi connectivity index (χ3n) is 1.69. The molecule has 1 unspecified atom stereocenters. The summed E-state index contributed by atoms with van der Waals surface area (Å²) in [5, 5.41) is 11.4. The van der Waals surface area contributed by atoms with E-state index in [9.17, 15) is 4.79 Å². The van der Waals surface area contributed by atoms with E-state index in [1.165, 1.54) is 0 Å². The molecule has 0 spiro atoms. The van der Waals surface area contributed by atoms with Gasteiger partial charge in [-0.25, -0.2) is 0 Å². The molecule has 0 aliphatic heterocycles. The molecule has 74 valence electrons. The number of hydrogen-bond acceptors (Lipinski definition) is 3. The Labute approximate surface area is 83.9 Å². The predicted molar refractivity (Wildman–Crippen MR) is 55.3 cm³/mol. The summed E-state index contributed by atoms with van der Waals surface area (Å²) in [6.45, 7) is 4.40. The Morgan fingerprint density at radius 2 is 2.23 bits per heavy atom. The average molecular weight is 200 g/mol. The lowest BCUT2D eigenvalue weighted by Gasteiger charge is -2.12. The maximum Gasteiger partial charge on any atom is 0.237 e. The summed E-state index contributed by atoms with van der Waals surface area (Å²) >= 11 is 1.67. The fourth-order valence-electron chi connectivity index (χ4n) is 0.897. The molecule has 1 N–H and O–H groups in total. The molecule has 0 saturated carbocycles. The molecule has 0 aromatic heterocycles. The van der Waals surface area contributed by atoms with E-state index in [1.807, 2.05) is 26.2 Å². The lowest BCUT2D eigenvalue weighted by Crippen LogP contribution is -2.34. The lowest BCUT2D eigenvalue weighted by atomic mass is 9.97. The molecule has 0 aromatic carbocycles. The number of rotatable bonds is 5. The van der Waals surface area contributed by atoms with Crippen LogP contribution in [0.5, 0.6) is 0 Å². The van der Waals surface area contributed by atoms with Gasteiger partial charge >= 0.3 is 0 Å². The fourth-order valence-corrected chi connectivity index (χ4v) is 1.20. The third-order valence-corrected chi connectivity index (χ3v) is 2.31. The molecule has 1 atom stereocenters. The molecule has 0 aliphatic rings. The molecule has 0 saturated heterocycles. The van der Waals surface area contributed by atoms with Crippen LogP contribution in [-0.4, -0.2) is 24.5 Å². The van der Waals surface area contributed by atoms with Gasteiger partial charge in [0.2, 0.25) is 5.91 Å². The largest absolute Gasteiger partial charge is 0.354 e. The van der Waals surface area contributed by atoms with E-state index in [1.54, 1.807) is 11.8 Å². The summed E-state index contributed by atoms with van der Waals surface area (Å²) in [6, 6.07) is 2.01. The quantitative estimate of drug-likeness (QED) is 0.680. The van der Waals surface area contributed by atoms with Gasteiger partial charge in [0.15, 0.2) is 0 Å². The minimum Gasteiger partial charge on any atom is -0.354 e. The summed E-state index contributed by atoms with van der Waals surface area (Å²) < 4.78 is 0. The minimum absolute atomic E-state index is 0.0827. The van der Waals surface area contributed by atoms with Crippen molar-refractivity contribution in [1.29, 1.82) is 5.26 Å². The maximum absolute atomic E-state index is 11.3. The van der Waals surface area contributed by atoms with E-state index >= 15 is 0 Å². The Bertz CT molecular complexity index is 198. The van der Waals surface area contributed by atoms with Crippen LogP contribution in [0.15, 0.2) is 0 Å². The Balaban J connectivity index is 3.87. The molecule has 0 bridgehead atoms. The molecule has 0 aliphatic carbocycles. The molecule has 0 aromatic rings. The molecule has 13 heavy (non-hydrogen) atoms. The van der Waals surface area contributed by atoms with Gasteiger partial charge in [-0.15, -0.1) is 0 Å². The highest BCUT2D eigenvalue weighted by molar-refractivity contribution is 7.98. The maximum atomic E-state index is 11.3. The van der Waals surface area contributed by atoms with Crippen molar-refractivity contribution in [1.82, 2.24) is 5.32 Å². The number of amides is 1. The van der Waals surface area contributed by atoms with Crippen molar-refractivity contribution in [2.75, 3.05) is 18.6 Å². The second kappa shape index (κ2) is 6.79. The van der Waals surface area contributed by atoms with E-state index in [2.05, 4.69) is 5.32 Å². The van der Waals surface area contributed by atoms with Crippen LogP contribution in [0, 0.1) is 23.2 Å². The van der Waals surface area contributed by atoms with Gasteiger partial charge in [0.25, 0.3) is 0 Å². The second-order valence-corrected chi connectivity index (χ2v) is 4.12. The van der Waals surface area contributed by atoms with E-state index < -0.39 is 5.92 Å². The third kappa shape index (κ3) is 4.79. The molecule has 4 heteroatoms. The van der Waals surface area contributed by atoms with Crippen LogP contribution < -0.4 is 5.32 Å². The number of nitriles is 1. The molecule has 3 nitrogen and oxygen atoms in total. The van der Waals surface area contributed by atoms with Gasteiger partial charge in [-0.1, -0.05) is 13.8 Å². The summed E-state index contributed by atoms with van der Waals surface area (Å²) in [5.74, 6) is 0.315. The molecule has 0 rings (SSSR count). The Hall–Kier alpha value is -0.690. The molecular weight excluding hydrogens is 184 g/mol. The van der Waals surface area contributed by atoms with E-state index in [4.69, 9.17) is 5.26 Å². The Kier molecular flexibility index (Phi) is 6.43. The fraction of sp³-hybridized carbons (Fsp3) is 0.778. The minimum atomic E-state index is -0.512. The van der Waals surface area contributed by atoms with Crippen LogP contribution in [0.1, 0.15) is 13.8 Å². The number of nitrogens with zero attached hydrogens (tertiary/aromatic N) is 1. The van der Waals surface area contributed by atoms with Crippen molar-refractivity contribution in [3.63, 3.8) is 0 Å². The first-order valence-corrected chi connectivity index (χ1v) is 5.69. The summed E-state index contributed by atoms with van der Waals surface area (Å²) in [4.78, 5) is 11.3. The van der Waals surface area contributed by atoms with Crippen LogP contribution in [0.25, 0.3) is 0 Å². The second-order valence-electron chi connectivity index (χ2n) is 3.13. The highest BCUT2D eigenvalue weighted by atomic mass is 32.2. The lowest BCUT2D eigenvalue weighted by molar-refractivity contribution is -0.124. The number of carbonyl (C=O) groups is 1. The SMILES string of the molecule is CSCCNC(=O)C(C#N)C(C)C. The molecule has 0 fully saturated rings. The number of carbonyl (C=O) groups excluding carboxylic acids is 1. The van der Waals surface area contributed by atoms with Crippen LogP contribution in [0.2, 0.25) is 0 Å². The van der Waals surface area contributed by atoms with Gasteiger partial charge in [-0.05, 0) is 12.2 Å². The van der Waals surface area contributed by atoms with Crippen LogP contribution in [0.3, 0.4) is 0 Å². The highest BCUT2D eigenvalue weighted by Gasteiger charge is 2.20. The van der Waals surface area contributed by atoms with Crippen molar-refractivity contribution < 1.29 is 4.79 Å². The zero-order valence-corrected chi connectivity index (χ0v) is 9.15. The summed E-state index contributed by atoms with van der Waals surface area (Å²) in [7, 11) is 0. The van der Waals surface area contributed by atoms with Gasteiger partial charge in [0, 0.05) is 12.3 Å². The van der Waals surface area contributed by atoms with Gasteiger partial charge in [-0.2, -0.15) is 17.0 Å². The predicted octanol–water partition coefficient (Wildman–Crippen LogP) is 1.26. The van der Waals surface area contributed by atoms with Crippen molar-refractivity contribution in [3.8, 4) is 6.07 Å². The van der Waals surface area contributed by atoms with Gasteiger partial charge in [-0.3, -0.25) is 4.79 Å². The summed E-state index contributed by atoms with van der Waals surface area (Å²) in [5.41, 5.74) is 0. The van der Waals surface area contributed by atoms with Crippen LogP contribution in [0.4, 0.5) is 0 Å². The zero-order chi connectivity index (χ0) is 10.3. The highest BCUT2D eigenvalue weighted by Crippen LogP contribution is 2.08. The molecular formula is C9H16N2OS. The first-order valence-electron chi connectivity index (χ1n) is 4.29. The smallest absolute Gasteiger partial charge is 0.237 e. The van der Waals surface area contributed by atoms with Crippen molar-refractivity contribution in [2.24, 2.45) is 11.8 Å². The number of thioether (sulfide) groups is 1. The normalized spacial score (nSPS) is 12.2. The number of nitrogens with one attached hydrogen (secondary N) is 1. The number of hydrogen-bond donors (Lipinski definition) is 1. The van der Waals surface area contributed by atoms with Crippen LogP contribution in [-0.2, 0) is 4.79 Å². The zero-order valence-electron chi connectivity index (χ0n) is 8.33. The summed E-state index contributed by atoms with van der Waals surface area (Å²) in [6.07, 6.45) is 1.98. The Morgan fingerprint density at radius 1 is 1.62 bits per heavy atom. The van der Waals surface area contributed by atoms with Crippen molar-refractivity contribution >= 4 is 17.7 Å². The van der Waals surface area contributed by atoms with Gasteiger partial charge in [0.1, 0.15) is 5.92 Å². The van der Waals surface area contributed by atoms with E-state index in [0.29, 0.717) is 6.54 Å². The van der Waals surface area contributed by atoms with Gasteiger partial charge < -0.3 is 5.32 Å².